The van der Waals surface area contributed by atoms with Gasteiger partial charge in [-0.15, -0.1) is 0 Å². The predicted molar refractivity (Wildman–Crippen MR) is 93.5 cm³/mol. The fourth-order valence-corrected chi connectivity index (χ4v) is 4.72. The van der Waals surface area contributed by atoms with Gasteiger partial charge in [0.25, 0.3) is 0 Å². The van der Waals surface area contributed by atoms with Crippen LogP contribution in [0.25, 0.3) is 0 Å². The van der Waals surface area contributed by atoms with Crippen LogP contribution in [0.15, 0.2) is 24.3 Å². The monoisotopic (exact) mass is 338 g/mol. The van der Waals surface area contributed by atoms with E-state index >= 15 is 0 Å². The Morgan fingerprint density at radius 3 is 2.65 bits per heavy atom. The molecule has 0 bridgehead atoms. The normalized spacial score (nSPS) is 20.1. The molecule has 1 amide bonds. The standard InChI is InChI=1S/C17H26N2O3S/c1-13(2)15-6-4-5-7-16(15)18-17(20)8-10-19(3)14-9-11-23(21,22)12-14/h4-7,13-14H,8-12H2,1-3H3,(H,18,20). The number of anilines is 1. The molecule has 0 aliphatic carbocycles. The Hall–Kier alpha value is -1.40. The van der Waals surface area contributed by atoms with E-state index in [4.69, 9.17) is 0 Å². The van der Waals surface area contributed by atoms with E-state index in [9.17, 15) is 13.2 Å². The van der Waals surface area contributed by atoms with Gasteiger partial charge in [0.1, 0.15) is 0 Å². The van der Waals surface area contributed by atoms with E-state index in [1.165, 1.54) is 0 Å². The molecule has 5 nitrogen and oxygen atoms in total. The largest absolute Gasteiger partial charge is 0.326 e. The van der Waals surface area contributed by atoms with Gasteiger partial charge in [-0.05, 0) is 31.0 Å². The fourth-order valence-electron chi connectivity index (χ4n) is 2.91. The minimum absolute atomic E-state index is 0.0363. The Morgan fingerprint density at radius 2 is 2.04 bits per heavy atom. The Balaban J connectivity index is 1.86. The number of para-hydroxylation sites is 1. The van der Waals surface area contributed by atoms with Gasteiger partial charge in [0, 0.05) is 24.7 Å². The molecule has 128 valence electrons. The number of amides is 1. The van der Waals surface area contributed by atoms with E-state index in [1.54, 1.807) is 0 Å². The molecule has 1 aliphatic rings. The van der Waals surface area contributed by atoms with Gasteiger partial charge in [-0.2, -0.15) is 0 Å². The van der Waals surface area contributed by atoms with Crippen molar-refractivity contribution in [1.82, 2.24) is 4.90 Å². The van der Waals surface area contributed by atoms with Gasteiger partial charge in [0.15, 0.2) is 9.84 Å². The van der Waals surface area contributed by atoms with Crippen LogP contribution in [0.3, 0.4) is 0 Å². The molecule has 0 aromatic heterocycles. The third-order valence-electron chi connectivity index (χ3n) is 4.38. The molecule has 0 radical (unpaired) electrons. The van der Waals surface area contributed by atoms with Crippen molar-refractivity contribution in [1.29, 1.82) is 0 Å². The smallest absolute Gasteiger partial charge is 0.225 e. The zero-order chi connectivity index (χ0) is 17.0. The number of nitrogens with zero attached hydrogens (tertiary/aromatic N) is 1. The van der Waals surface area contributed by atoms with E-state index in [-0.39, 0.29) is 23.5 Å². The molecule has 1 aliphatic heterocycles. The van der Waals surface area contributed by atoms with E-state index in [0.29, 0.717) is 25.3 Å². The van der Waals surface area contributed by atoms with Crippen molar-refractivity contribution in [3.63, 3.8) is 0 Å². The first-order valence-electron chi connectivity index (χ1n) is 8.08. The van der Waals surface area contributed by atoms with E-state index in [0.717, 1.165) is 11.3 Å². The van der Waals surface area contributed by atoms with Crippen molar-refractivity contribution in [3.8, 4) is 0 Å². The summed E-state index contributed by atoms with van der Waals surface area (Å²) in [5.41, 5.74) is 1.98. The quantitative estimate of drug-likeness (QED) is 0.864. The lowest BCUT2D eigenvalue weighted by Crippen LogP contribution is -2.35. The lowest BCUT2D eigenvalue weighted by Gasteiger charge is -2.22. The van der Waals surface area contributed by atoms with Gasteiger partial charge in [-0.3, -0.25) is 4.79 Å². The van der Waals surface area contributed by atoms with Crippen LogP contribution in [0, 0.1) is 0 Å². The zero-order valence-corrected chi connectivity index (χ0v) is 14.9. The zero-order valence-electron chi connectivity index (χ0n) is 14.1. The number of sulfone groups is 1. The highest BCUT2D eigenvalue weighted by Gasteiger charge is 2.30. The first-order chi connectivity index (χ1) is 10.8. The number of benzene rings is 1. The molecule has 1 saturated heterocycles. The summed E-state index contributed by atoms with van der Waals surface area (Å²) in [6.07, 6.45) is 1.02. The molecule has 1 fully saturated rings. The number of hydrogen-bond acceptors (Lipinski definition) is 4. The predicted octanol–water partition coefficient (Wildman–Crippen LogP) is 2.26. The highest BCUT2D eigenvalue weighted by Crippen LogP contribution is 2.24. The third-order valence-corrected chi connectivity index (χ3v) is 6.13. The van der Waals surface area contributed by atoms with Gasteiger partial charge in [0.2, 0.25) is 5.91 Å². The van der Waals surface area contributed by atoms with E-state index in [1.807, 2.05) is 36.2 Å². The highest BCUT2D eigenvalue weighted by molar-refractivity contribution is 7.91. The second-order valence-electron chi connectivity index (χ2n) is 6.58. The second kappa shape index (κ2) is 7.45. The summed E-state index contributed by atoms with van der Waals surface area (Å²) in [6, 6.07) is 7.86. The summed E-state index contributed by atoms with van der Waals surface area (Å²) >= 11 is 0. The van der Waals surface area contributed by atoms with Crippen molar-refractivity contribution in [2.24, 2.45) is 0 Å². The van der Waals surface area contributed by atoms with Crippen LogP contribution < -0.4 is 5.32 Å². The average molecular weight is 338 g/mol. The lowest BCUT2D eigenvalue weighted by atomic mass is 10.0. The maximum absolute atomic E-state index is 12.2. The molecule has 1 heterocycles. The Bertz CT molecular complexity index is 656. The molecule has 23 heavy (non-hydrogen) atoms. The van der Waals surface area contributed by atoms with Gasteiger partial charge in [0.05, 0.1) is 11.5 Å². The summed E-state index contributed by atoms with van der Waals surface area (Å²) in [5, 5.41) is 2.97. The number of nitrogens with one attached hydrogen (secondary N) is 1. The van der Waals surface area contributed by atoms with Gasteiger partial charge < -0.3 is 10.2 Å². The molecular formula is C17H26N2O3S. The van der Waals surface area contributed by atoms with Crippen molar-refractivity contribution < 1.29 is 13.2 Å². The van der Waals surface area contributed by atoms with Crippen molar-refractivity contribution >= 4 is 21.4 Å². The van der Waals surface area contributed by atoms with Crippen molar-refractivity contribution in [2.45, 2.75) is 38.6 Å². The van der Waals surface area contributed by atoms with Gasteiger partial charge >= 0.3 is 0 Å². The van der Waals surface area contributed by atoms with Gasteiger partial charge in [-0.1, -0.05) is 32.0 Å². The molecule has 0 spiro atoms. The Morgan fingerprint density at radius 1 is 1.35 bits per heavy atom. The summed E-state index contributed by atoms with van der Waals surface area (Å²) in [5.74, 6) is 0.778. The first kappa shape index (κ1) is 17.9. The Labute approximate surface area is 139 Å². The molecular weight excluding hydrogens is 312 g/mol. The third kappa shape index (κ3) is 5.04. The number of rotatable bonds is 6. The summed E-state index contributed by atoms with van der Waals surface area (Å²) in [6.45, 7) is 4.76. The minimum atomic E-state index is -2.88. The van der Waals surface area contributed by atoms with E-state index in [2.05, 4.69) is 19.2 Å². The summed E-state index contributed by atoms with van der Waals surface area (Å²) < 4.78 is 23.0. The maximum Gasteiger partial charge on any atom is 0.225 e. The Kier molecular flexibility index (Phi) is 5.81. The molecule has 1 aromatic rings. The number of carbonyl (C=O) groups excluding carboxylic acids is 1. The SMILES string of the molecule is CC(C)c1ccccc1NC(=O)CCN(C)C1CCS(=O)(=O)C1. The van der Waals surface area contributed by atoms with Crippen molar-refractivity contribution in [2.75, 3.05) is 30.4 Å². The van der Waals surface area contributed by atoms with Crippen molar-refractivity contribution in [3.05, 3.63) is 29.8 Å². The molecule has 1 unspecified atom stereocenters. The molecule has 0 saturated carbocycles. The number of carbonyl (C=O) groups is 1. The molecule has 1 aromatic carbocycles. The molecule has 6 heteroatoms. The fraction of sp³-hybridized carbons (Fsp3) is 0.588. The van der Waals surface area contributed by atoms with Crippen LogP contribution in [0.2, 0.25) is 0 Å². The average Bonchev–Trinajstić information content (AvgIpc) is 2.85. The lowest BCUT2D eigenvalue weighted by molar-refractivity contribution is -0.116. The second-order valence-corrected chi connectivity index (χ2v) is 8.81. The summed E-state index contributed by atoms with van der Waals surface area (Å²) in [7, 11) is -0.995. The van der Waals surface area contributed by atoms with Crippen LogP contribution in [-0.2, 0) is 14.6 Å². The maximum atomic E-state index is 12.2. The summed E-state index contributed by atoms with van der Waals surface area (Å²) in [4.78, 5) is 14.2. The minimum Gasteiger partial charge on any atom is -0.326 e. The van der Waals surface area contributed by atoms with Crippen LogP contribution in [-0.4, -0.2) is 50.4 Å². The van der Waals surface area contributed by atoms with Crippen LogP contribution in [0.4, 0.5) is 5.69 Å². The number of hydrogen-bond donors (Lipinski definition) is 1. The highest BCUT2D eigenvalue weighted by atomic mass is 32.2. The van der Waals surface area contributed by atoms with Crippen LogP contribution in [0.5, 0.6) is 0 Å². The van der Waals surface area contributed by atoms with E-state index < -0.39 is 9.84 Å². The molecule has 2 rings (SSSR count). The van der Waals surface area contributed by atoms with Crippen LogP contribution in [0.1, 0.15) is 38.2 Å². The van der Waals surface area contributed by atoms with Gasteiger partial charge in [-0.25, -0.2) is 8.42 Å². The van der Waals surface area contributed by atoms with Crippen LogP contribution >= 0.6 is 0 Å². The molecule has 1 atom stereocenters. The topological polar surface area (TPSA) is 66.5 Å². The first-order valence-corrected chi connectivity index (χ1v) is 9.90. The molecule has 1 N–H and O–H groups in total.